The Bertz CT molecular complexity index is 201. The molecule has 3 heteroatoms. The second kappa shape index (κ2) is 5.15. The number of alkyl halides is 1. The van der Waals surface area contributed by atoms with E-state index in [0.29, 0.717) is 5.41 Å². The minimum atomic E-state index is 0.172. The summed E-state index contributed by atoms with van der Waals surface area (Å²) in [5, 5.41) is 4.07. The van der Waals surface area contributed by atoms with E-state index in [-0.39, 0.29) is 11.8 Å². The molecule has 1 aliphatic rings. The summed E-state index contributed by atoms with van der Waals surface area (Å²) in [5.74, 6) is 0.394. The lowest BCUT2D eigenvalue weighted by atomic mass is 10.0. The van der Waals surface area contributed by atoms with Gasteiger partial charge in [-0.05, 0) is 24.7 Å². The number of carbonyl (C=O) groups is 1. The molecular weight excluding hydrogens is 242 g/mol. The van der Waals surface area contributed by atoms with Gasteiger partial charge in [-0.25, -0.2) is 0 Å². The van der Waals surface area contributed by atoms with Crippen molar-refractivity contribution in [3.8, 4) is 0 Å². The molecule has 1 rings (SSSR count). The molecule has 1 aliphatic carbocycles. The largest absolute Gasteiger partial charge is 0.355 e. The molecular formula is C11H20BrNO. The fraction of sp³-hybridized carbons (Fsp3) is 0.909. The number of hydrogen-bond donors (Lipinski definition) is 1. The van der Waals surface area contributed by atoms with Crippen LogP contribution in [0.5, 0.6) is 0 Å². The maximum absolute atomic E-state index is 11.6. The molecule has 1 unspecified atom stereocenters. The second-order valence-corrected chi connectivity index (χ2v) is 5.10. The first kappa shape index (κ1) is 12.0. The normalized spacial score (nSPS) is 20.2. The minimum Gasteiger partial charge on any atom is -0.355 e. The summed E-state index contributed by atoms with van der Waals surface area (Å²) in [6.45, 7) is 4.97. The van der Waals surface area contributed by atoms with E-state index in [1.165, 1.54) is 12.8 Å². The van der Waals surface area contributed by atoms with Gasteiger partial charge in [0.1, 0.15) is 0 Å². The summed E-state index contributed by atoms with van der Waals surface area (Å²) in [4.78, 5) is 11.6. The van der Waals surface area contributed by atoms with Crippen molar-refractivity contribution in [2.24, 2.45) is 11.3 Å². The quantitative estimate of drug-likeness (QED) is 0.733. The SMILES string of the molecule is CCCC(C)C(=O)NCC1(CBr)CC1. The topological polar surface area (TPSA) is 29.1 Å². The lowest BCUT2D eigenvalue weighted by molar-refractivity contribution is -0.124. The van der Waals surface area contributed by atoms with E-state index in [1.54, 1.807) is 0 Å². The van der Waals surface area contributed by atoms with Crippen LogP contribution in [0.25, 0.3) is 0 Å². The van der Waals surface area contributed by atoms with Crippen molar-refractivity contribution < 1.29 is 4.79 Å². The Hall–Kier alpha value is -0.0500. The number of nitrogens with one attached hydrogen (secondary N) is 1. The highest BCUT2D eigenvalue weighted by atomic mass is 79.9. The van der Waals surface area contributed by atoms with Gasteiger partial charge in [-0.1, -0.05) is 36.2 Å². The van der Waals surface area contributed by atoms with Gasteiger partial charge in [0.2, 0.25) is 5.91 Å². The number of carbonyl (C=O) groups excluding carboxylic acids is 1. The maximum atomic E-state index is 11.6. The number of halogens is 1. The molecule has 2 nitrogen and oxygen atoms in total. The predicted molar refractivity (Wildman–Crippen MR) is 62.5 cm³/mol. The molecule has 0 saturated heterocycles. The van der Waals surface area contributed by atoms with Gasteiger partial charge in [-0.3, -0.25) is 4.79 Å². The van der Waals surface area contributed by atoms with Gasteiger partial charge in [0, 0.05) is 17.8 Å². The molecule has 0 aromatic rings. The zero-order valence-corrected chi connectivity index (χ0v) is 10.7. The maximum Gasteiger partial charge on any atom is 0.222 e. The molecule has 82 valence electrons. The van der Waals surface area contributed by atoms with Crippen LogP contribution >= 0.6 is 15.9 Å². The lowest BCUT2D eigenvalue weighted by Crippen LogP contribution is -2.34. The molecule has 0 spiro atoms. The van der Waals surface area contributed by atoms with Gasteiger partial charge in [0.15, 0.2) is 0 Å². The van der Waals surface area contributed by atoms with E-state index in [1.807, 2.05) is 6.92 Å². The highest BCUT2D eigenvalue weighted by Gasteiger charge is 2.41. The van der Waals surface area contributed by atoms with Crippen LogP contribution in [0.4, 0.5) is 0 Å². The Morgan fingerprint density at radius 1 is 1.57 bits per heavy atom. The zero-order valence-electron chi connectivity index (χ0n) is 9.11. The Labute approximate surface area is 95.0 Å². The van der Waals surface area contributed by atoms with Gasteiger partial charge in [0.05, 0.1) is 0 Å². The lowest BCUT2D eigenvalue weighted by Gasteiger charge is -2.15. The standard InChI is InChI=1S/C11H20BrNO/c1-3-4-9(2)10(14)13-8-11(7-12)5-6-11/h9H,3-8H2,1-2H3,(H,13,14). The van der Waals surface area contributed by atoms with Crippen LogP contribution in [0.1, 0.15) is 39.5 Å². The van der Waals surface area contributed by atoms with E-state index in [4.69, 9.17) is 0 Å². The third-order valence-corrected chi connectivity index (χ3v) is 4.24. The van der Waals surface area contributed by atoms with Crippen LogP contribution in [0.3, 0.4) is 0 Å². The van der Waals surface area contributed by atoms with Crippen molar-refractivity contribution in [3.63, 3.8) is 0 Å². The molecule has 14 heavy (non-hydrogen) atoms. The molecule has 1 fully saturated rings. The molecule has 0 aromatic heterocycles. The highest BCUT2D eigenvalue weighted by Crippen LogP contribution is 2.46. The summed E-state index contributed by atoms with van der Waals surface area (Å²) in [6.07, 6.45) is 4.58. The highest BCUT2D eigenvalue weighted by molar-refractivity contribution is 9.09. The van der Waals surface area contributed by atoms with Gasteiger partial charge >= 0.3 is 0 Å². The Balaban J connectivity index is 2.20. The molecule has 1 atom stereocenters. The fourth-order valence-electron chi connectivity index (χ4n) is 1.55. The molecule has 0 aromatic carbocycles. The monoisotopic (exact) mass is 261 g/mol. The van der Waals surface area contributed by atoms with Crippen LogP contribution in [-0.2, 0) is 4.79 Å². The van der Waals surface area contributed by atoms with E-state index >= 15 is 0 Å². The summed E-state index contributed by atoms with van der Waals surface area (Å²) < 4.78 is 0. The van der Waals surface area contributed by atoms with Gasteiger partial charge < -0.3 is 5.32 Å². The Morgan fingerprint density at radius 2 is 2.21 bits per heavy atom. The third kappa shape index (κ3) is 3.26. The molecule has 1 amide bonds. The van der Waals surface area contributed by atoms with Crippen molar-refractivity contribution in [3.05, 3.63) is 0 Å². The second-order valence-electron chi connectivity index (χ2n) is 4.54. The first-order valence-electron chi connectivity index (χ1n) is 5.47. The van der Waals surface area contributed by atoms with E-state index < -0.39 is 0 Å². The van der Waals surface area contributed by atoms with Crippen LogP contribution in [0.15, 0.2) is 0 Å². The molecule has 0 heterocycles. The molecule has 0 bridgehead atoms. The van der Waals surface area contributed by atoms with Crippen LogP contribution in [0, 0.1) is 11.3 Å². The van der Waals surface area contributed by atoms with Gasteiger partial charge in [-0.2, -0.15) is 0 Å². The zero-order chi connectivity index (χ0) is 10.6. The predicted octanol–water partition coefficient (Wildman–Crippen LogP) is 2.71. The van der Waals surface area contributed by atoms with E-state index in [9.17, 15) is 4.79 Å². The van der Waals surface area contributed by atoms with Crippen molar-refractivity contribution in [1.82, 2.24) is 5.32 Å². The molecule has 1 N–H and O–H groups in total. The Morgan fingerprint density at radius 3 is 2.64 bits per heavy atom. The number of rotatable bonds is 6. The van der Waals surface area contributed by atoms with Crippen molar-refractivity contribution in [2.45, 2.75) is 39.5 Å². The average molecular weight is 262 g/mol. The smallest absolute Gasteiger partial charge is 0.222 e. The first-order valence-corrected chi connectivity index (χ1v) is 6.59. The van der Waals surface area contributed by atoms with Crippen LogP contribution < -0.4 is 5.32 Å². The summed E-state index contributed by atoms with van der Waals surface area (Å²) in [6, 6.07) is 0. The summed E-state index contributed by atoms with van der Waals surface area (Å²) >= 11 is 3.50. The fourth-order valence-corrected chi connectivity index (χ4v) is 2.31. The van der Waals surface area contributed by atoms with Crippen LogP contribution in [0.2, 0.25) is 0 Å². The van der Waals surface area contributed by atoms with Crippen LogP contribution in [-0.4, -0.2) is 17.8 Å². The average Bonchev–Trinajstić information content (AvgIpc) is 2.95. The third-order valence-electron chi connectivity index (χ3n) is 3.05. The molecule has 1 saturated carbocycles. The molecule has 0 aliphatic heterocycles. The van der Waals surface area contributed by atoms with Crippen molar-refractivity contribution in [1.29, 1.82) is 0 Å². The van der Waals surface area contributed by atoms with Gasteiger partial charge in [0.25, 0.3) is 0 Å². The van der Waals surface area contributed by atoms with Gasteiger partial charge in [-0.15, -0.1) is 0 Å². The Kier molecular flexibility index (Phi) is 4.42. The van der Waals surface area contributed by atoms with E-state index in [0.717, 1.165) is 24.7 Å². The van der Waals surface area contributed by atoms with E-state index in [2.05, 4.69) is 28.2 Å². The minimum absolute atomic E-state index is 0.172. The summed E-state index contributed by atoms with van der Waals surface area (Å²) in [5.41, 5.74) is 0.390. The van der Waals surface area contributed by atoms with Crippen molar-refractivity contribution >= 4 is 21.8 Å². The first-order chi connectivity index (χ1) is 6.63. The summed E-state index contributed by atoms with van der Waals surface area (Å²) in [7, 11) is 0. The number of hydrogen-bond acceptors (Lipinski definition) is 1. The van der Waals surface area contributed by atoms with Crippen molar-refractivity contribution in [2.75, 3.05) is 11.9 Å². The molecule has 0 radical (unpaired) electrons. The number of amides is 1.